The maximum absolute atomic E-state index is 12.8. The summed E-state index contributed by atoms with van der Waals surface area (Å²) < 4.78 is 0. The number of imide groups is 1. The molecule has 2 heterocycles. The Labute approximate surface area is 181 Å². The molecule has 1 atom stereocenters. The topological polar surface area (TPSA) is 110 Å². The van der Waals surface area contributed by atoms with Crippen LogP contribution in [0.2, 0.25) is 0 Å². The van der Waals surface area contributed by atoms with Gasteiger partial charge in [0.2, 0.25) is 5.91 Å². The Hall–Kier alpha value is -3.85. The molecule has 2 aromatic carbocycles. The number of nitrogens with one attached hydrogen (secondary N) is 1. The zero-order valence-corrected chi connectivity index (χ0v) is 17.2. The first kappa shape index (κ1) is 20.4. The Balaban J connectivity index is 1.54. The van der Waals surface area contributed by atoms with Gasteiger partial charge in [-0.25, -0.2) is 0 Å². The molecule has 0 fully saturated rings. The number of thiophene rings is 1. The molecule has 1 aliphatic rings. The third-order valence-corrected chi connectivity index (χ3v) is 5.95. The van der Waals surface area contributed by atoms with Gasteiger partial charge in [0.25, 0.3) is 17.5 Å². The van der Waals surface area contributed by atoms with Gasteiger partial charge in [-0.2, -0.15) is 0 Å². The third-order valence-electron chi connectivity index (χ3n) is 5.01. The van der Waals surface area contributed by atoms with Crippen molar-refractivity contribution in [3.05, 3.63) is 97.2 Å². The zero-order chi connectivity index (χ0) is 22.1. The second-order valence-electron chi connectivity index (χ2n) is 7.11. The van der Waals surface area contributed by atoms with Crippen molar-refractivity contribution >= 4 is 34.7 Å². The molecule has 3 aromatic rings. The molecule has 0 radical (unpaired) electrons. The molecular formula is C22H17N3O5S. The number of nitro benzene ring substituents is 1. The summed E-state index contributed by atoms with van der Waals surface area (Å²) in [6, 6.07) is 14.5. The van der Waals surface area contributed by atoms with E-state index in [4.69, 9.17) is 0 Å². The second kappa shape index (κ2) is 8.11. The van der Waals surface area contributed by atoms with Crippen LogP contribution < -0.4 is 5.32 Å². The Morgan fingerprint density at radius 2 is 1.81 bits per heavy atom. The van der Waals surface area contributed by atoms with Gasteiger partial charge in [0.1, 0.15) is 6.54 Å². The Kier molecular flexibility index (Phi) is 5.35. The van der Waals surface area contributed by atoms with Crippen LogP contribution in [0.3, 0.4) is 0 Å². The van der Waals surface area contributed by atoms with E-state index in [1.165, 1.54) is 17.4 Å². The van der Waals surface area contributed by atoms with Gasteiger partial charge in [-0.05, 0) is 30.0 Å². The molecule has 0 spiro atoms. The van der Waals surface area contributed by atoms with Crippen molar-refractivity contribution in [3.63, 3.8) is 0 Å². The lowest BCUT2D eigenvalue weighted by atomic mass is 10.0. The number of amides is 3. The summed E-state index contributed by atoms with van der Waals surface area (Å²) >= 11 is 1.48. The van der Waals surface area contributed by atoms with Crippen molar-refractivity contribution < 1.29 is 19.3 Å². The van der Waals surface area contributed by atoms with Crippen molar-refractivity contribution in [1.82, 2.24) is 10.2 Å². The minimum Gasteiger partial charge on any atom is -0.343 e. The minimum absolute atomic E-state index is 0.0525. The first-order valence-electron chi connectivity index (χ1n) is 9.39. The van der Waals surface area contributed by atoms with Crippen molar-refractivity contribution in [2.75, 3.05) is 6.54 Å². The highest BCUT2D eigenvalue weighted by molar-refractivity contribution is 7.10. The van der Waals surface area contributed by atoms with E-state index in [9.17, 15) is 24.5 Å². The molecule has 31 heavy (non-hydrogen) atoms. The Morgan fingerprint density at radius 3 is 2.45 bits per heavy atom. The number of hydrogen-bond acceptors (Lipinski definition) is 6. The van der Waals surface area contributed by atoms with Gasteiger partial charge in [0, 0.05) is 17.0 Å². The first-order valence-corrected chi connectivity index (χ1v) is 10.3. The van der Waals surface area contributed by atoms with Gasteiger partial charge in [-0.3, -0.25) is 29.4 Å². The zero-order valence-electron chi connectivity index (χ0n) is 16.4. The molecule has 1 unspecified atom stereocenters. The van der Waals surface area contributed by atoms with E-state index < -0.39 is 35.2 Å². The molecule has 156 valence electrons. The van der Waals surface area contributed by atoms with Crippen LogP contribution in [0.1, 0.15) is 42.8 Å². The lowest BCUT2D eigenvalue weighted by Crippen LogP contribution is -2.41. The fourth-order valence-electron chi connectivity index (χ4n) is 3.42. The van der Waals surface area contributed by atoms with Crippen molar-refractivity contribution in [2.24, 2.45) is 0 Å². The molecule has 0 saturated carbocycles. The fourth-order valence-corrected chi connectivity index (χ4v) is 4.22. The molecule has 0 saturated heterocycles. The van der Waals surface area contributed by atoms with E-state index in [1.807, 2.05) is 48.7 Å². The van der Waals surface area contributed by atoms with Crippen LogP contribution in [0.25, 0.3) is 0 Å². The van der Waals surface area contributed by atoms with Gasteiger partial charge < -0.3 is 5.32 Å². The predicted molar refractivity (Wildman–Crippen MR) is 114 cm³/mol. The monoisotopic (exact) mass is 435 g/mol. The number of fused-ring (bicyclic) bond motifs is 1. The molecule has 4 rings (SSSR count). The van der Waals surface area contributed by atoms with Crippen LogP contribution >= 0.6 is 11.3 Å². The van der Waals surface area contributed by atoms with E-state index in [1.54, 1.807) is 0 Å². The maximum atomic E-state index is 12.8. The first-order chi connectivity index (χ1) is 14.8. The molecule has 3 amide bonds. The fraction of sp³-hybridized carbons (Fsp3) is 0.136. The number of carbonyl (C=O) groups excluding carboxylic acids is 3. The molecule has 8 nitrogen and oxygen atoms in total. The minimum atomic E-state index is -0.721. The number of hydrogen-bond donors (Lipinski definition) is 1. The van der Waals surface area contributed by atoms with Gasteiger partial charge in [0.15, 0.2) is 0 Å². The van der Waals surface area contributed by atoms with Gasteiger partial charge in [0.05, 0.1) is 22.1 Å². The normalized spacial score (nSPS) is 13.8. The average molecular weight is 435 g/mol. The van der Waals surface area contributed by atoms with Crippen LogP contribution in [0.15, 0.2) is 60.0 Å². The van der Waals surface area contributed by atoms with Crippen molar-refractivity contribution in [3.8, 4) is 0 Å². The molecular weight excluding hydrogens is 418 g/mol. The number of nitro groups is 1. The smallest absolute Gasteiger partial charge is 0.270 e. The summed E-state index contributed by atoms with van der Waals surface area (Å²) in [5.74, 6) is -1.88. The largest absolute Gasteiger partial charge is 0.343 e. The molecule has 9 heteroatoms. The third kappa shape index (κ3) is 3.95. The summed E-state index contributed by atoms with van der Waals surface area (Å²) in [5, 5.41) is 15.8. The maximum Gasteiger partial charge on any atom is 0.270 e. The lowest BCUT2D eigenvalue weighted by molar-refractivity contribution is -0.384. The van der Waals surface area contributed by atoms with E-state index in [-0.39, 0.29) is 16.8 Å². The SMILES string of the molecule is Cc1ccc(C(NC(=O)CN2C(=O)c3ccc([N+](=O)[O-])cc3C2=O)c2cccs2)cc1. The molecule has 1 aliphatic heterocycles. The molecule has 1 N–H and O–H groups in total. The van der Waals surface area contributed by atoms with Crippen LogP contribution in [0, 0.1) is 17.0 Å². The van der Waals surface area contributed by atoms with E-state index in [0.29, 0.717) is 0 Å². The average Bonchev–Trinajstić information content (AvgIpc) is 3.36. The van der Waals surface area contributed by atoms with Crippen molar-refractivity contribution in [1.29, 1.82) is 0 Å². The van der Waals surface area contributed by atoms with Crippen molar-refractivity contribution in [2.45, 2.75) is 13.0 Å². The Bertz CT molecular complexity index is 1190. The number of aryl methyl sites for hydroxylation is 1. The second-order valence-corrected chi connectivity index (χ2v) is 8.09. The quantitative estimate of drug-likeness (QED) is 0.362. The number of benzene rings is 2. The lowest BCUT2D eigenvalue weighted by Gasteiger charge is -2.20. The summed E-state index contributed by atoms with van der Waals surface area (Å²) in [7, 11) is 0. The summed E-state index contributed by atoms with van der Waals surface area (Å²) in [4.78, 5) is 50.1. The predicted octanol–water partition coefficient (Wildman–Crippen LogP) is 3.47. The van der Waals surface area contributed by atoms with E-state index >= 15 is 0 Å². The summed E-state index contributed by atoms with van der Waals surface area (Å²) in [6.07, 6.45) is 0. The number of rotatable bonds is 6. The van der Waals surface area contributed by atoms with E-state index in [2.05, 4.69) is 5.32 Å². The van der Waals surface area contributed by atoms with Crippen LogP contribution in [-0.2, 0) is 4.79 Å². The number of non-ortho nitro benzene ring substituents is 1. The highest BCUT2D eigenvalue weighted by Crippen LogP contribution is 2.28. The molecule has 0 aliphatic carbocycles. The van der Waals surface area contributed by atoms with E-state index in [0.717, 1.165) is 33.0 Å². The van der Waals surface area contributed by atoms with Crippen LogP contribution in [0.4, 0.5) is 5.69 Å². The summed E-state index contributed by atoms with van der Waals surface area (Å²) in [5.41, 5.74) is 1.65. The summed E-state index contributed by atoms with van der Waals surface area (Å²) in [6.45, 7) is 1.49. The number of nitrogens with zero attached hydrogens (tertiary/aromatic N) is 2. The van der Waals surface area contributed by atoms with Gasteiger partial charge >= 0.3 is 0 Å². The van der Waals surface area contributed by atoms with Crippen LogP contribution in [-0.4, -0.2) is 34.1 Å². The van der Waals surface area contributed by atoms with Gasteiger partial charge in [-0.15, -0.1) is 11.3 Å². The Morgan fingerprint density at radius 1 is 1.10 bits per heavy atom. The van der Waals surface area contributed by atoms with Crippen LogP contribution in [0.5, 0.6) is 0 Å². The molecule has 1 aromatic heterocycles. The molecule has 0 bridgehead atoms. The standard InChI is InChI=1S/C22H17N3O5S/c1-13-4-6-14(7-5-13)20(18-3-2-10-31-18)23-19(26)12-24-21(27)16-9-8-15(25(29)30)11-17(16)22(24)28/h2-11,20H,12H2,1H3,(H,23,26). The highest BCUT2D eigenvalue weighted by Gasteiger charge is 2.38. The highest BCUT2D eigenvalue weighted by atomic mass is 32.1. The number of carbonyl (C=O) groups is 3. The van der Waals surface area contributed by atoms with Gasteiger partial charge in [-0.1, -0.05) is 35.9 Å².